The molecule has 0 unspecified atom stereocenters. The smallest absolute Gasteiger partial charge is 0.119 e. The first kappa shape index (κ1) is 14.0. The van der Waals surface area contributed by atoms with Crippen LogP contribution in [-0.4, -0.2) is 19.7 Å². The predicted octanol–water partition coefficient (Wildman–Crippen LogP) is 3.41. The zero-order valence-corrected chi connectivity index (χ0v) is 11.2. The van der Waals surface area contributed by atoms with Gasteiger partial charge in [0.2, 0.25) is 0 Å². The molecule has 0 aliphatic carbocycles. The third-order valence-corrected chi connectivity index (χ3v) is 2.72. The van der Waals surface area contributed by atoms with Gasteiger partial charge in [-0.3, -0.25) is 0 Å². The van der Waals surface area contributed by atoms with Crippen molar-refractivity contribution in [1.29, 1.82) is 0 Å². The van der Waals surface area contributed by atoms with Crippen LogP contribution in [0.5, 0.6) is 5.75 Å². The minimum absolute atomic E-state index is 0.747. The van der Waals surface area contributed by atoms with Crippen LogP contribution in [-0.2, 0) is 6.42 Å². The van der Waals surface area contributed by atoms with E-state index in [0.717, 1.165) is 31.9 Å². The highest BCUT2D eigenvalue weighted by molar-refractivity contribution is 5.27. The zero-order valence-electron chi connectivity index (χ0n) is 11.2. The van der Waals surface area contributed by atoms with Crippen molar-refractivity contribution in [3.8, 4) is 5.75 Å². The van der Waals surface area contributed by atoms with Gasteiger partial charge in [0.15, 0.2) is 0 Å². The van der Waals surface area contributed by atoms with E-state index in [4.69, 9.17) is 4.74 Å². The summed E-state index contributed by atoms with van der Waals surface area (Å²) in [5.41, 5.74) is 1.39. The van der Waals surface area contributed by atoms with Gasteiger partial charge in [0.1, 0.15) is 12.4 Å². The number of benzene rings is 1. The molecule has 0 fully saturated rings. The molecule has 2 nitrogen and oxygen atoms in total. The standard InChI is InChI=1S/C15H25NO/c1-3-5-11-16-12-13-17-15-9-7-14(6-4-2)8-10-15/h7-10,16H,3-6,11-13H2,1-2H3. The van der Waals surface area contributed by atoms with Gasteiger partial charge in [-0.2, -0.15) is 0 Å². The summed E-state index contributed by atoms with van der Waals surface area (Å²) in [5, 5.41) is 3.36. The van der Waals surface area contributed by atoms with Crippen LogP contribution in [0.25, 0.3) is 0 Å². The number of aryl methyl sites for hydroxylation is 1. The Balaban J connectivity index is 2.14. The Morgan fingerprint density at radius 3 is 2.41 bits per heavy atom. The molecule has 0 radical (unpaired) electrons. The fourth-order valence-corrected chi connectivity index (χ4v) is 1.71. The molecule has 2 heteroatoms. The monoisotopic (exact) mass is 235 g/mol. The molecule has 17 heavy (non-hydrogen) atoms. The molecule has 96 valence electrons. The topological polar surface area (TPSA) is 21.3 Å². The Morgan fingerprint density at radius 2 is 1.76 bits per heavy atom. The predicted molar refractivity (Wildman–Crippen MR) is 73.7 cm³/mol. The maximum Gasteiger partial charge on any atom is 0.119 e. The Morgan fingerprint density at radius 1 is 1.00 bits per heavy atom. The lowest BCUT2D eigenvalue weighted by Crippen LogP contribution is -2.21. The van der Waals surface area contributed by atoms with E-state index in [1.165, 1.54) is 24.8 Å². The number of ether oxygens (including phenoxy) is 1. The molecular weight excluding hydrogens is 210 g/mol. The summed E-state index contributed by atoms with van der Waals surface area (Å²) in [6.45, 7) is 7.17. The highest BCUT2D eigenvalue weighted by atomic mass is 16.5. The fraction of sp³-hybridized carbons (Fsp3) is 0.600. The van der Waals surface area contributed by atoms with Gasteiger partial charge in [-0.1, -0.05) is 38.8 Å². The van der Waals surface area contributed by atoms with Crippen LogP contribution >= 0.6 is 0 Å². The van der Waals surface area contributed by atoms with E-state index in [2.05, 4.69) is 43.4 Å². The lowest BCUT2D eigenvalue weighted by molar-refractivity contribution is 0.313. The zero-order chi connectivity index (χ0) is 12.3. The number of unbranched alkanes of at least 4 members (excludes halogenated alkanes) is 1. The van der Waals surface area contributed by atoms with Crippen molar-refractivity contribution >= 4 is 0 Å². The molecule has 0 bridgehead atoms. The van der Waals surface area contributed by atoms with Gasteiger partial charge >= 0.3 is 0 Å². The largest absolute Gasteiger partial charge is 0.492 e. The van der Waals surface area contributed by atoms with Crippen LogP contribution in [0.1, 0.15) is 38.7 Å². The first-order chi connectivity index (χ1) is 8.36. The molecule has 0 atom stereocenters. The highest BCUT2D eigenvalue weighted by Crippen LogP contribution is 2.12. The maximum atomic E-state index is 5.66. The summed E-state index contributed by atoms with van der Waals surface area (Å²) in [7, 11) is 0. The summed E-state index contributed by atoms with van der Waals surface area (Å²) in [6, 6.07) is 8.45. The van der Waals surface area contributed by atoms with E-state index in [1.54, 1.807) is 0 Å². The number of hydrogen-bond donors (Lipinski definition) is 1. The normalized spacial score (nSPS) is 10.5. The minimum Gasteiger partial charge on any atom is -0.492 e. The van der Waals surface area contributed by atoms with Gasteiger partial charge in [0, 0.05) is 6.54 Å². The third-order valence-electron chi connectivity index (χ3n) is 2.72. The molecule has 0 amide bonds. The molecule has 0 aliphatic heterocycles. The second-order valence-electron chi connectivity index (χ2n) is 4.35. The van der Waals surface area contributed by atoms with Crippen LogP contribution in [0.3, 0.4) is 0 Å². The second kappa shape index (κ2) is 9.06. The molecule has 1 aromatic rings. The van der Waals surface area contributed by atoms with E-state index >= 15 is 0 Å². The molecule has 1 rings (SSSR count). The first-order valence-corrected chi connectivity index (χ1v) is 6.79. The van der Waals surface area contributed by atoms with E-state index in [0.29, 0.717) is 0 Å². The molecular formula is C15H25NO. The van der Waals surface area contributed by atoms with Crippen molar-refractivity contribution in [3.05, 3.63) is 29.8 Å². The summed E-state index contributed by atoms with van der Waals surface area (Å²) in [4.78, 5) is 0. The van der Waals surface area contributed by atoms with Crippen molar-refractivity contribution in [2.75, 3.05) is 19.7 Å². The number of rotatable bonds is 9. The Bertz CT molecular complexity index is 281. The van der Waals surface area contributed by atoms with Crippen LogP contribution in [0.15, 0.2) is 24.3 Å². The summed E-state index contributed by atoms with van der Waals surface area (Å²) in [6.07, 6.45) is 4.83. The Kier molecular flexibility index (Phi) is 7.48. The van der Waals surface area contributed by atoms with E-state index in [9.17, 15) is 0 Å². The second-order valence-corrected chi connectivity index (χ2v) is 4.35. The van der Waals surface area contributed by atoms with Crippen LogP contribution in [0, 0.1) is 0 Å². The van der Waals surface area contributed by atoms with Gasteiger partial charge in [-0.25, -0.2) is 0 Å². The van der Waals surface area contributed by atoms with Crippen molar-refractivity contribution in [2.24, 2.45) is 0 Å². The van der Waals surface area contributed by atoms with Crippen molar-refractivity contribution < 1.29 is 4.74 Å². The van der Waals surface area contributed by atoms with E-state index < -0.39 is 0 Å². The van der Waals surface area contributed by atoms with Crippen molar-refractivity contribution in [2.45, 2.75) is 39.5 Å². The summed E-state index contributed by atoms with van der Waals surface area (Å²) < 4.78 is 5.66. The molecule has 0 saturated carbocycles. The Hall–Kier alpha value is -1.02. The SMILES string of the molecule is CCCCNCCOc1ccc(CCC)cc1. The summed E-state index contributed by atoms with van der Waals surface area (Å²) >= 11 is 0. The molecule has 1 N–H and O–H groups in total. The average Bonchev–Trinajstić information content (AvgIpc) is 2.36. The lowest BCUT2D eigenvalue weighted by Gasteiger charge is -2.08. The molecule has 0 aliphatic rings. The van der Waals surface area contributed by atoms with Gasteiger partial charge in [0.25, 0.3) is 0 Å². The first-order valence-electron chi connectivity index (χ1n) is 6.79. The molecule has 0 heterocycles. The van der Waals surface area contributed by atoms with Gasteiger partial charge < -0.3 is 10.1 Å². The van der Waals surface area contributed by atoms with Gasteiger partial charge in [0.05, 0.1) is 0 Å². The number of nitrogens with one attached hydrogen (secondary N) is 1. The average molecular weight is 235 g/mol. The minimum atomic E-state index is 0.747. The van der Waals surface area contributed by atoms with Crippen LogP contribution < -0.4 is 10.1 Å². The highest BCUT2D eigenvalue weighted by Gasteiger charge is 1.95. The summed E-state index contributed by atoms with van der Waals surface area (Å²) in [5.74, 6) is 0.974. The third kappa shape index (κ3) is 6.32. The molecule has 0 spiro atoms. The number of hydrogen-bond acceptors (Lipinski definition) is 2. The van der Waals surface area contributed by atoms with Gasteiger partial charge in [-0.05, 0) is 37.1 Å². The quantitative estimate of drug-likeness (QED) is 0.662. The Labute approximate surface area is 105 Å². The van der Waals surface area contributed by atoms with Crippen molar-refractivity contribution in [1.82, 2.24) is 5.32 Å². The lowest BCUT2D eigenvalue weighted by atomic mass is 10.1. The van der Waals surface area contributed by atoms with Gasteiger partial charge in [-0.15, -0.1) is 0 Å². The van der Waals surface area contributed by atoms with Crippen LogP contribution in [0.4, 0.5) is 0 Å². The van der Waals surface area contributed by atoms with E-state index in [1.807, 2.05) is 0 Å². The van der Waals surface area contributed by atoms with Crippen molar-refractivity contribution in [3.63, 3.8) is 0 Å². The molecule has 1 aromatic carbocycles. The van der Waals surface area contributed by atoms with Crippen LogP contribution in [0.2, 0.25) is 0 Å². The molecule has 0 saturated heterocycles. The molecule has 0 aromatic heterocycles. The maximum absolute atomic E-state index is 5.66. The fourth-order valence-electron chi connectivity index (χ4n) is 1.71. The van der Waals surface area contributed by atoms with E-state index in [-0.39, 0.29) is 0 Å².